The summed E-state index contributed by atoms with van der Waals surface area (Å²) in [5.74, 6) is 0. The predicted molar refractivity (Wildman–Crippen MR) is 226 cm³/mol. The van der Waals surface area contributed by atoms with Gasteiger partial charge >= 0.3 is 0 Å². The molecule has 0 atom stereocenters. The minimum atomic E-state index is -0.476. The molecule has 0 aliphatic heterocycles. The van der Waals surface area contributed by atoms with E-state index in [1.54, 1.807) is 0 Å². The molecule has 8 aromatic carbocycles. The molecular formula is C52H34N2O. The number of benzene rings is 8. The molecule has 0 unspecified atom stereocenters. The van der Waals surface area contributed by atoms with Crippen LogP contribution in [0.25, 0.3) is 55.0 Å². The van der Waals surface area contributed by atoms with E-state index in [4.69, 9.17) is 9.40 Å². The van der Waals surface area contributed by atoms with Gasteiger partial charge in [0.05, 0.1) is 11.6 Å². The van der Waals surface area contributed by atoms with Crippen molar-refractivity contribution in [3.8, 4) is 22.3 Å². The molecule has 0 radical (unpaired) electrons. The number of anilines is 3. The molecule has 258 valence electrons. The number of nitrogens with zero attached hydrogens (tertiary/aromatic N) is 2. The molecule has 0 N–H and O–H groups in total. The van der Waals surface area contributed by atoms with Gasteiger partial charge in [0.15, 0.2) is 5.58 Å². The Hall–Kier alpha value is -7.23. The summed E-state index contributed by atoms with van der Waals surface area (Å²) in [5.41, 5.74) is 14.0. The molecule has 11 rings (SSSR count). The van der Waals surface area contributed by atoms with E-state index in [0.717, 1.165) is 55.3 Å². The molecule has 2 heterocycles. The van der Waals surface area contributed by atoms with Crippen LogP contribution in [0.2, 0.25) is 0 Å². The van der Waals surface area contributed by atoms with Crippen molar-refractivity contribution >= 4 is 49.8 Å². The highest BCUT2D eigenvalue weighted by atomic mass is 16.3. The number of pyridine rings is 1. The van der Waals surface area contributed by atoms with Gasteiger partial charge in [-0.15, -0.1) is 0 Å². The summed E-state index contributed by atoms with van der Waals surface area (Å²) in [4.78, 5) is 7.17. The largest absolute Gasteiger partial charge is 0.453 e. The summed E-state index contributed by atoms with van der Waals surface area (Å²) in [6.07, 6.45) is 3.88. The second-order valence-electron chi connectivity index (χ2n) is 14.3. The predicted octanol–water partition coefficient (Wildman–Crippen LogP) is 13.6. The quantitative estimate of drug-likeness (QED) is 0.173. The first kappa shape index (κ1) is 31.3. The Morgan fingerprint density at radius 3 is 1.80 bits per heavy atom. The molecule has 0 saturated heterocycles. The fourth-order valence-corrected chi connectivity index (χ4v) is 9.00. The SMILES string of the molecule is c1ccc(-c2ccc(N(c3ccc4c(c3)-c3ccccc3C4(c3ccccc3)c3ccccc3)c3cncc4c3oc3c5ccccc5ccc43)cc2)cc1. The Morgan fingerprint density at radius 2 is 1.04 bits per heavy atom. The maximum atomic E-state index is 6.93. The highest BCUT2D eigenvalue weighted by Gasteiger charge is 2.46. The van der Waals surface area contributed by atoms with Gasteiger partial charge < -0.3 is 9.32 Å². The minimum absolute atomic E-state index is 0.476. The lowest BCUT2D eigenvalue weighted by molar-refractivity contribution is 0.672. The Balaban J connectivity index is 1.17. The van der Waals surface area contributed by atoms with Gasteiger partial charge in [-0.25, -0.2) is 0 Å². The van der Waals surface area contributed by atoms with Gasteiger partial charge in [0.25, 0.3) is 0 Å². The van der Waals surface area contributed by atoms with Crippen LogP contribution >= 0.6 is 0 Å². The number of hydrogen-bond acceptors (Lipinski definition) is 3. The lowest BCUT2D eigenvalue weighted by atomic mass is 9.68. The van der Waals surface area contributed by atoms with Crippen LogP contribution in [-0.4, -0.2) is 4.98 Å². The zero-order valence-electron chi connectivity index (χ0n) is 29.9. The standard InChI is InChI=1S/C52H34N2O/c1-4-14-35(15-5-1)36-24-27-40(28-25-36)54(49-34-53-33-46-44-30-26-37-16-10-11-21-42(37)50(44)55-51(46)49)41-29-31-48-45(32-41)43-22-12-13-23-47(43)52(48,38-17-6-2-7-18-38)39-19-8-3-9-20-39/h1-34H. The third kappa shape index (κ3) is 4.73. The molecule has 0 bridgehead atoms. The van der Waals surface area contributed by atoms with Crippen LogP contribution in [-0.2, 0) is 5.41 Å². The van der Waals surface area contributed by atoms with Crippen molar-refractivity contribution in [2.24, 2.45) is 0 Å². The van der Waals surface area contributed by atoms with Gasteiger partial charge in [0.1, 0.15) is 11.3 Å². The van der Waals surface area contributed by atoms with Gasteiger partial charge in [-0.05, 0) is 80.2 Å². The molecule has 0 saturated carbocycles. The number of hydrogen-bond donors (Lipinski definition) is 0. The summed E-state index contributed by atoms with van der Waals surface area (Å²) in [6.45, 7) is 0. The van der Waals surface area contributed by atoms with Crippen LogP contribution < -0.4 is 4.90 Å². The molecule has 1 aliphatic rings. The van der Waals surface area contributed by atoms with E-state index in [1.807, 2.05) is 12.4 Å². The number of aromatic nitrogens is 1. The zero-order chi connectivity index (χ0) is 36.3. The van der Waals surface area contributed by atoms with Gasteiger partial charge in [0.2, 0.25) is 0 Å². The van der Waals surface area contributed by atoms with Crippen LogP contribution in [0.3, 0.4) is 0 Å². The highest BCUT2D eigenvalue weighted by Crippen LogP contribution is 2.57. The monoisotopic (exact) mass is 702 g/mol. The molecule has 0 spiro atoms. The van der Waals surface area contributed by atoms with Crippen LogP contribution in [0.15, 0.2) is 211 Å². The Morgan fingerprint density at radius 1 is 0.418 bits per heavy atom. The first-order valence-electron chi connectivity index (χ1n) is 18.8. The Bertz CT molecular complexity index is 2980. The van der Waals surface area contributed by atoms with Crippen molar-refractivity contribution in [3.05, 3.63) is 229 Å². The molecule has 3 nitrogen and oxygen atoms in total. The van der Waals surface area contributed by atoms with E-state index in [0.29, 0.717) is 0 Å². The molecular weight excluding hydrogens is 669 g/mol. The fourth-order valence-electron chi connectivity index (χ4n) is 9.00. The van der Waals surface area contributed by atoms with Crippen LogP contribution in [0.1, 0.15) is 22.3 Å². The fraction of sp³-hybridized carbons (Fsp3) is 0.0192. The minimum Gasteiger partial charge on any atom is -0.453 e. The second-order valence-corrected chi connectivity index (χ2v) is 14.3. The topological polar surface area (TPSA) is 29.3 Å². The van der Waals surface area contributed by atoms with E-state index in [1.165, 1.54) is 38.9 Å². The van der Waals surface area contributed by atoms with Gasteiger partial charge in [0, 0.05) is 33.7 Å². The lowest BCUT2D eigenvalue weighted by Crippen LogP contribution is -2.28. The second kappa shape index (κ2) is 12.4. The van der Waals surface area contributed by atoms with Crippen molar-refractivity contribution in [2.45, 2.75) is 5.41 Å². The first-order valence-corrected chi connectivity index (χ1v) is 18.8. The number of fused-ring (bicyclic) bond motifs is 8. The van der Waals surface area contributed by atoms with Crippen LogP contribution in [0.5, 0.6) is 0 Å². The molecule has 2 aromatic heterocycles. The summed E-state index contributed by atoms with van der Waals surface area (Å²) < 4.78 is 6.93. The lowest BCUT2D eigenvalue weighted by Gasteiger charge is -2.34. The zero-order valence-corrected chi connectivity index (χ0v) is 29.9. The van der Waals surface area contributed by atoms with Gasteiger partial charge in [-0.1, -0.05) is 164 Å². The third-order valence-electron chi connectivity index (χ3n) is 11.4. The summed E-state index contributed by atoms with van der Waals surface area (Å²) in [5, 5.41) is 4.28. The molecule has 10 aromatic rings. The molecule has 1 aliphatic carbocycles. The normalized spacial score (nSPS) is 12.9. The molecule has 0 amide bonds. The van der Waals surface area contributed by atoms with E-state index >= 15 is 0 Å². The van der Waals surface area contributed by atoms with E-state index < -0.39 is 5.41 Å². The highest BCUT2D eigenvalue weighted by molar-refractivity contribution is 6.17. The summed E-state index contributed by atoms with van der Waals surface area (Å²) >= 11 is 0. The number of rotatable bonds is 6. The van der Waals surface area contributed by atoms with Gasteiger partial charge in [-0.3, -0.25) is 4.98 Å². The molecule has 3 heteroatoms. The maximum absolute atomic E-state index is 6.93. The van der Waals surface area contributed by atoms with E-state index in [-0.39, 0.29) is 0 Å². The van der Waals surface area contributed by atoms with Crippen molar-refractivity contribution in [1.82, 2.24) is 4.98 Å². The molecule has 55 heavy (non-hydrogen) atoms. The third-order valence-corrected chi connectivity index (χ3v) is 11.4. The van der Waals surface area contributed by atoms with Gasteiger partial charge in [-0.2, -0.15) is 0 Å². The smallest absolute Gasteiger partial charge is 0.162 e. The Kier molecular flexibility index (Phi) is 7.08. The van der Waals surface area contributed by atoms with Crippen molar-refractivity contribution in [1.29, 1.82) is 0 Å². The van der Waals surface area contributed by atoms with Crippen molar-refractivity contribution < 1.29 is 4.42 Å². The average molecular weight is 703 g/mol. The van der Waals surface area contributed by atoms with Crippen molar-refractivity contribution in [2.75, 3.05) is 4.90 Å². The van der Waals surface area contributed by atoms with E-state index in [2.05, 4.69) is 199 Å². The average Bonchev–Trinajstić information content (AvgIpc) is 3.80. The summed E-state index contributed by atoms with van der Waals surface area (Å²) in [6, 6.07) is 69.9. The van der Waals surface area contributed by atoms with Crippen molar-refractivity contribution in [3.63, 3.8) is 0 Å². The Labute approximate surface area is 319 Å². The maximum Gasteiger partial charge on any atom is 0.162 e. The number of furan rings is 1. The summed E-state index contributed by atoms with van der Waals surface area (Å²) in [7, 11) is 0. The van der Waals surface area contributed by atoms with Crippen LogP contribution in [0.4, 0.5) is 17.1 Å². The first-order chi connectivity index (χ1) is 27.3. The van der Waals surface area contributed by atoms with Crippen LogP contribution in [0, 0.1) is 0 Å². The molecule has 0 fully saturated rings. The van der Waals surface area contributed by atoms with E-state index in [9.17, 15) is 0 Å².